The smallest absolute Gasteiger partial charge is 0.137 e. The molecule has 1 aliphatic carbocycles. The van der Waals surface area contributed by atoms with E-state index >= 15 is 0 Å². The number of hydrogen-bond acceptors (Lipinski definition) is 3. The number of aromatic nitrogens is 1. The maximum atomic E-state index is 9.52. The van der Waals surface area contributed by atoms with Crippen molar-refractivity contribution in [3.8, 4) is 0 Å². The lowest BCUT2D eigenvalue weighted by atomic mass is 9.84. The van der Waals surface area contributed by atoms with Crippen molar-refractivity contribution >= 4 is 0 Å². The molecule has 78 valence electrons. The predicted octanol–water partition coefficient (Wildman–Crippen LogP) is 2.08. The number of hydrogen-bond donors (Lipinski definition) is 1. The zero-order valence-corrected chi connectivity index (χ0v) is 8.57. The van der Waals surface area contributed by atoms with Crippen molar-refractivity contribution in [1.82, 2.24) is 5.16 Å². The highest BCUT2D eigenvalue weighted by Crippen LogP contribution is 2.27. The van der Waals surface area contributed by atoms with Crippen molar-refractivity contribution in [2.45, 2.75) is 45.1 Å². The van der Waals surface area contributed by atoms with E-state index in [2.05, 4.69) is 5.16 Å². The molecule has 14 heavy (non-hydrogen) atoms. The second-order valence-corrected chi connectivity index (χ2v) is 4.33. The van der Waals surface area contributed by atoms with Gasteiger partial charge in [-0.1, -0.05) is 11.6 Å². The van der Waals surface area contributed by atoms with Crippen molar-refractivity contribution in [1.29, 1.82) is 0 Å². The van der Waals surface area contributed by atoms with Gasteiger partial charge >= 0.3 is 0 Å². The Labute approximate surface area is 84.1 Å². The molecule has 0 bridgehead atoms. The van der Waals surface area contributed by atoms with Crippen LogP contribution in [0.2, 0.25) is 0 Å². The minimum Gasteiger partial charge on any atom is -0.393 e. The summed E-state index contributed by atoms with van der Waals surface area (Å²) in [5.74, 6) is 1.53. The third-order valence-corrected chi connectivity index (χ3v) is 2.92. The van der Waals surface area contributed by atoms with Crippen molar-refractivity contribution in [3.05, 3.63) is 17.5 Å². The molecule has 1 fully saturated rings. The Balaban J connectivity index is 1.90. The van der Waals surface area contributed by atoms with Gasteiger partial charge in [0.25, 0.3) is 0 Å². The molecule has 0 amide bonds. The van der Waals surface area contributed by atoms with Gasteiger partial charge in [-0.15, -0.1) is 0 Å². The molecule has 0 aromatic carbocycles. The summed E-state index contributed by atoms with van der Waals surface area (Å²) in [5, 5.41) is 13.4. The van der Waals surface area contributed by atoms with Gasteiger partial charge in [-0.05, 0) is 32.1 Å². The standard InChI is InChI=1S/C11H17NO2/c1-8-5-11(14-12-8)7-9-3-2-4-10(13)6-9/h5,9-10,13H,2-4,6-7H2,1H3. The number of nitrogens with zero attached hydrogens (tertiary/aromatic N) is 1. The molecule has 0 saturated heterocycles. The van der Waals surface area contributed by atoms with Crippen LogP contribution in [0.3, 0.4) is 0 Å². The van der Waals surface area contributed by atoms with E-state index < -0.39 is 0 Å². The van der Waals surface area contributed by atoms with Gasteiger partial charge in [0.05, 0.1) is 11.8 Å². The molecule has 3 heteroatoms. The van der Waals surface area contributed by atoms with E-state index in [1.165, 1.54) is 6.42 Å². The van der Waals surface area contributed by atoms with Crippen LogP contribution >= 0.6 is 0 Å². The predicted molar refractivity (Wildman–Crippen MR) is 52.9 cm³/mol. The van der Waals surface area contributed by atoms with Crippen molar-refractivity contribution < 1.29 is 9.63 Å². The Morgan fingerprint density at radius 3 is 3.07 bits per heavy atom. The number of aliphatic hydroxyl groups excluding tert-OH is 1. The van der Waals surface area contributed by atoms with Gasteiger partial charge in [0.1, 0.15) is 5.76 Å². The summed E-state index contributed by atoms with van der Waals surface area (Å²) in [6.07, 6.45) is 5.05. The lowest BCUT2D eigenvalue weighted by Gasteiger charge is -2.24. The third-order valence-electron chi connectivity index (χ3n) is 2.92. The largest absolute Gasteiger partial charge is 0.393 e. The lowest BCUT2D eigenvalue weighted by Crippen LogP contribution is -2.20. The van der Waals surface area contributed by atoms with Crippen LogP contribution < -0.4 is 0 Å². The zero-order valence-electron chi connectivity index (χ0n) is 8.57. The Morgan fingerprint density at radius 2 is 2.43 bits per heavy atom. The minimum atomic E-state index is -0.0993. The Bertz CT molecular complexity index is 295. The van der Waals surface area contributed by atoms with Crippen LogP contribution in [0.25, 0.3) is 0 Å². The van der Waals surface area contributed by atoms with Gasteiger partial charge in [-0.3, -0.25) is 0 Å². The fourth-order valence-electron chi connectivity index (χ4n) is 2.25. The average Bonchev–Trinajstić information content (AvgIpc) is 2.51. The molecule has 1 saturated carbocycles. The van der Waals surface area contributed by atoms with Crippen molar-refractivity contribution in [2.24, 2.45) is 5.92 Å². The molecule has 1 aliphatic rings. The van der Waals surface area contributed by atoms with Crippen LogP contribution in [0.4, 0.5) is 0 Å². The molecule has 1 heterocycles. The maximum Gasteiger partial charge on any atom is 0.137 e. The van der Waals surface area contributed by atoms with Crippen LogP contribution in [0.5, 0.6) is 0 Å². The van der Waals surface area contributed by atoms with Gasteiger partial charge in [0.15, 0.2) is 0 Å². The Morgan fingerprint density at radius 1 is 1.57 bits per heavy atom. The van der Waals surface area contributed by atoms with Gasteiger partial charge in [0.2, 0.25) is 0 Å². The summed E-state index contributed by atoms with van der Waals surface area (Å²) >= 11 is 0. The first kappa shape index (κ1) is 9.71. The first-order chi connectivity index (χ1) is 6.74. The first-order valence-electron chi connectivity index (χ1n) is 5.34. The van der Waals surface area contributed by atoms with E-state index in [0.717, 1.165) is 37.1 Å². The van der Waals surface area contributed by atoms with E-state index in [0.29, 0.717) is 5.92 Å². The van der Waals surface area contributed by atoms with E-state index in [9.17, 15) is 5.11 Å². The number of rotatable bonds is 2. The highest BCUT2D eigenvalue weighted by molar-refractivity contribution is 5.04. The molecule has 0 radical (unpaired) electrons. The van der Waals surface area contributed by atoms with E-state index in [1.54, 1.807) is 0 Å². The molecule has 1 N–H and O–H groups in total. The average molecular weight is 195 g/mol. The highest BCUT2D eigenvalue weighted by Gasteiger charge is 2.21. The van der Waals surface area contributed by atoms with Crippen LogP contribution in [0.15, 0.2) is 10.6 Å². The maximum absolute atomic E-state index is 9.52. The summed E-state index contributed by atoms with van der Waals surface area (Å²) < 4.78 is 5.17. The molecular weight excluding hydrogens is 178 g/mol. The van der Waals surface area contributed by atoms with Gasteiger partial charge in [-0.2, -0.15) is 0 Å². The Kier molecular flexibility index (Phi) is 2.87. The molecule has 0 spiro atoms. The topological polar surface area (TPSA) is 46.3 Å². The lowest BCUT2D eigenvalue weighted by molar-refractivity contribution is 0.0988. The van der Waals surface area contributed by atoms with Crippen LogP contribution in [-0.4, -0.2) is 16.4 Å². The van der Waals surface area contributed by atoms with E-state index in [1.807, 2.05) is 13.0 Å². The molecule has 2 unspecified atom stereocenters. The zero-order chi connectivity index (χ0) is 9.97. The van der Waals surface area contributed by atoms with Crippen LogP contribution in [-0.2, 0) is 6.42 Å². The molecule has 2 rings (SSSR count). The van der Waals surface area contributed by atoms with Gasteiger partial charge < -0.3 is 9.63 Å². The van der Waals surface area contributed by atoms with E-state index in [-0.39, 0.29) is 6.10 Å². The summed E-state index contributed by atoms with van der Waals surface area (Å²) in [7, 11) is 0. The van der Waals surface area contributed by atoms with Crippen molar-refractivity contribution in [3.63, 3.8) is 0 Å². The fraction of sp³-hybridized carbons (Fsp3) is 0.727. The monoisotopic (exact) mass is 195 g/mol. The summed E-state index contributed by atoms with van der Waals surface area (Å²) in [6.45, 7) is 1.93. The fourth-order valence-corrected chi connectivity index (χ4v) is 2.25. The molecule has 0 aliphatic heterocycles. The first-order valence-corrected chi connectivity index (χ1v) is 5.34. The second-order valence-electron chi connectivity index (χ2n) is 4.33. The number of aliphatic hydroxyl groups is 1. The highest BCUT2D eigenvalue weighted by atomic mass is 16.5. The van der Waals surface area contributed by atoms with Gasteiger partial charge in [0, 0.05) is 12.5 Å². The third kappa shape index (κ3) is 2.35. The molecular formula is C11H17NO2. The molecule has 2 atom stereocenters. The quantitative estimate of drug-likeness (QED) is 0.785. The van der Waals surface area contributed by atoms with Crippen LogP contribution in [0, 0.1) is 12.8 Å². The van der Waals surface area contributed by atoms with Crippen molar-refractivity contribution in [2.75, 3.05) is 0 Å². The Hall–Kier alpha value is -0.830. The molecule has 1 aromatic heterocycles. The van der Waals surface area contributed by atoms with Gasteiger partial charge in [-0.25, -0.2) is 0 Å². The minimum absolute atomic E-state index is 0.0993. The summed E-state index contributed by atoms with van der Waals surface area (Å²) in [6, 6.07) is 1.99. The number of aryl methyl sites for hydroxylation is 1. The SMILES string of the molecule is Cc1cc(CC2CCCC(O)C2)on1. The molecule has 3 nitrogen and oxygen atoms in total. The summed E-state index contributed by atoms with van der Waals surface area (Å²) in [5.41, 5.74) is 0.941. The summed E-state index contributed by atoms with van der Waals surface area (Å²) in [4.78, 5) is 0. The molecule has 1 aromatic rings. The normalized spacial score (nSPS) is 27.9. The second kappa shape index (κ2) is 4.13. The van der Waals surface area contributed by atoms with E-state index in [4.69, 9.17) is 4.52 Å². The van der Waals surface area contributed by atoms with Crippen LogP contribution in [0.1, 0.15) is 37.1 Å².